The fourth-order valence-electron chi connectivity index (χ4n) is 12.4. The van der Waals surface area contributed by atoms with Crippen LogP contribution in [0.1, 0.15) is 425 Å². The second-order valence-corrected chi connectivity index (χ2v) is 28.4. The van der Waals surface area contributed by atoms with Gasteiger partial charge >= 0.3 is 11.9 Å². The van der Waals surface area contributed by atoms with Crippen LogP contribution in [0.2, 0.25) is 0 Å². The van der Waals surface area contributed by atoms with Crippen LogP contribution in [0.25, 0.3) is 0 Å². The Morgan fingerprint density at radius 3 is 0.736 bits per heavy atom. The molecule has 9 nitrogen and oxygen atoms in total. The van der Waals surface area contributed by atoms with Gasteiger partial charge in [-0.15, -0.1) is 0 Å². The first-order chi connectivity index (χ1) is 42.6. The van der Waals surface area contributed by atoms with Crippen LogP contribution < -0.4 is 5.11 Å². The number of nitrogens with zero attached hydrogens (tertiary/aromatic N) is 1. The number of hydrogen-bond donors (Lipinski definition) is 0. The topological polar surface area (TPSA) is 111 Å². The number of carbonyl (C=O) groups excluding carboxylic acids is 3. The van der Waals surface area contributed by atoms with E-state index in [4.69, 9.17) is 18.9 Å². The van der Waals surface area contributed by atoms with Crippen molar-refractivity contribution in [3.05, 3.63) is 0 Å². The van der Waals surface area contributed by atoms with Crippen molar-refractivity contribution < 1.29 is 42.9 Å². The molecule has 87 heavy (non-hydrogen) atoms. The van der Waals surface area contributed by atoms with E-state index in [9.17, 15) is 19.5 Å². The zero-order valence-electron chi connectivity index (χ0n) is 59.5. The molecule has 0 bridgehead atoms. The van der Waals surface area contributed by atoms with E-state index in [2.05, 4.69) is 13.8 Å². The number of aliphatic carboxylic acids is 1. The van der Waals surface area contributed by atoms with Crippen molar-refractivity contribution in [2.45, 2.75) is 437 Å². The van der Waals surface area contributed by atoms with Gasteiger partial charge in [0.2, 0.25) is 0 Å². The molecule has 0 spiro atoms. The van der Waals surface area contributed by atoms with E-state index in [-0.39, 0.29) is 32.2 Å². The molecule has 2 atom stereocenters. The van der Waals surface area contributed by atoms with Crippen LogP contribution in [0.15, 0.2) is 0 Å². The number of carbonyl (C=O) groups is 3. The summed E-state index contributed by atoms with van der Waals surface area (Å²) in [6.45, 7) is 4.85. The van der Waals surface area contributed by atoms with Crippen LogP contribution in [0.4, 0.5) is 0 Å². The zero-order chi connectivity index (χ0) is 63.3. The summed E-state index contributed by atoms with van der Waals surface area (Å²) in [5, 5.41) is 11.8. The smallest absolute Gasteiger partial charge is 0.306 e. The quantitative estimate of drug-likeness (QED) is 0.0256. The maximum atomic E-state index is 13.0. The first-order valence-electron chi connectivity index (χ1n) is 39.2. The number of hydrogen-bond acceptors (Lipinski definition) is 8. The summed E-state index contributed by atoms with van der Waals surface area (Å²) in [6.07, 6.45) is 82.3. The minimum atomic E-state index is -1.62. The number of quaternary nitrogens is 1. The Morgan fingerprint density at radius 1 is 0.299 bits per heavy atom. The van der Waals surface area contributed by atoms with E-state index in [1.165, 1.54) is 360 Å². The number of esters is 2. The monoisotopic (exact) mass is 1230 g/mol. The van der Waals surface area contributed by atoms with Crippen molar-refractivity contribution in [2.75, 3.05) is 47.5 Å². The molecule has 0 aromatic rings. The fourth-order valence-corrected chi connectivity index (χ4v) is 12.4. The van der Waals surface area contributed by atoms with E-state index in [1.807, 2.05) is 21.1 Å². The summed E-state index contributed by atoms with van der Waals surface area (Å²) in [4.78, 5) is 37.5. The molecule has 2 unspecified atom stereocenters. The fraction of sp³-hybridized carbons (Fsp3) is 0.962. The normalized spacial score (nSPS) is 12.5. The molecule has 0 heterocycles. The number of carboxylic acid groups (broad SMARTS) is 1. The molecule has 0 N–H and O–H groups in total. The van der Waals surface area contributed by atoms with E-state index in [0.717, 1.165) is 38.5 Å². The van der Waals surface area contributed by atoms with Crippen LogP contribution in [-0.2, 0) is 33.3 Å². The van der Waals surface area contributed by atoms with Gasteiger partial charge in [0.1, 0.15) is 13.2 Å². The minimum absolute atomic E-state index is 0.154. The molecule has 0 aromatic heterocycles. The maximum Gasteiger partial charge on any atom is 0.306 e. The Kier molecular flexibility index (Phi) is 68.8. The van der Waals surface area contributed by atoms with Crippen molar-refractivity contribution >= 4 is 17.9 Å². The number of likely N-dealkylation sites (N-methyl/N-ethyl adjacent to an activating group) is 1. The first-order valence-corrected chi connectivity index (χ1v) is 39.2. The van der Waals surface area contributed by atoms with Crippen molar-refractivity contribution in [1.82, 2.24) is 0 Å². The number of carboxylic acids is 1. The summed E-state index contributed by atoms with van der Waals surface area (Å²) in [5.41, 5.74) is 0. The average molecular weight is 1230 g/mol. The van der Waals surface area contributed by atoms with Gasteiger partial charge in [-0.1, -0.05) is 399 Å². The molecule has 0 rings (SSSR count). The van der Waals surface area contributed by atoms with Gasteiger partial charge in [-0.05, 0) is 12.8 Å². The highest BCUT2D eigenvalue weighted by Crippen LogP contribution is 2.21. The summed E-state index contributed by atoms with van der Waals surface area (Å²) in [7, 11) is 5.96. The van der Waals surface area contributed by atoms with Crippen LogP contribution in [0.5, 0.6) is 0 Å². The van der Waals surface area contributed by atoms with Gasteiger partial charge in [0.15, 0.2) is 12.4 Å². The second-order valence-electron chi connectivity index (χ2n) is 28.4. The van der Waals surface area contributed by atoms with E-state index in [1.54, 1.807) is 0 Å². The van der Waals surface area contributed by atoms with Gasteiger partial charge in [0.05, 0.1) is 40.3 Å². The maximum absolute atomic E-state index is 13.0. The third kappa shape index (κ3) is 71.6. The van der Waals surface area contributed by atoms with Gasteiger partial charge in [0.25, 0.3) is 0 Å². The molecule has 0 saturated heterocycles. The number of unbranched alkanes of at least 4 members (excludes halogenated alkanes) is 60. The highest BCUT2D eigenvalue weighted by Gasteiger charge is 2.22. The third-order valence-corrected chi connectivity index (χ3v) is 18.4. The Hall–Kier alpha value is -1.71. The molecule has 0 aliphatic carbocycles. The number of ether oxygens (including phenoxy) is 4. The molecule has 0 amide bonds. The molecule has 0 fully saturated rings. The summed E-state index contributed by atoms with van der Waals surface area (Å²) in [5.74, 6) is -2.24. The molecular weight excluding hydrogens is 1080 g/mol. The van der Waals surface area contributed by atoms with Crippen LogP contribution in [0.3, 0.4) is 0 Å². The van der Waals surface area contributed by atoms with Gasteiger partial charge in [-0.3, -0.25) is 9.59 Å². The summed E-state index contributed by atoms with van der Waals surface area (Å²) in [6, 6.07) is 0. The van der Waals surface area contributed by atoms with Crippen molar-refractivity contribution in [1.29, 1.82) is 0 Å². The Bertz CT molecular complexity index is 1390. The molecular formula is C78H153NO8. The van der Waals surface area contributed by atoms with Gasteiger partial charge in [-0.25, -0.2) is 0 Å². The van der Waals surface area contributed by atoms with E-state index in [0.29, 0.717) is 17.4 Å². The van der Waals surface area contributed by atoms with Crippen molar-refractivity contribution in [3.63, 3.8) is 0 Å². The lowest BCUT2D eigenvalue weighted by Crippen LogP contribution is -2.44. The SMILES string of the molecule is CCCCCCCCCCCCCCCCCCCCCCCCCCCCCCCCCCCCCCCC(=O)OC(COC(=O)CCCCCCCCCCCCCCCCCCCCCCCCCCC)COC(OCC[N+](C)(C)C)C(=O)[O-]. The largest absolute Gasteiger partial charge is 0.545 e. The lowest BCUT2D eigenvalue weighted by Gasteiger charge is -2.26. The predicted molar refractivity (Wildman–Crippen MR) is 371 cm³/mol. The zero-order valence-corrected chi connectivity index (χ0v) is 59.5. The lowest BCUT2D eigenvalue weighted by atomic mass is 10.0. The molecule has 0 saturated carbocycles. The Balaban J connectivity index is 3.94. The number of rotatable bonds is 75. The highest BCUT2D eigenvalue weighted by atomic mass is 16.7. The van der Waals surface area contributed by atoms with Crippen LogP contribution >= 0.6 is 0 Å². The molecule has 0 aliphatic rings. The highest BCUT2D eigenvalue weighted by molar-refractivity contribution is 5.70. The Labute approximate surface area is 543 Å². The van der Waals surface area contributed by atoms with Crippen molar-refractivity contribution in [2.24, 2.45) is 0 Å². The molecule has 518 valence electrons. The van der Waals surface area contributed by atoms with Gasteiger partial charge in [0, 0.05) is 12.8 Å². The second kappa shape index (κ2) is 70.2. The van der Waals surface area contributed by atoms with Crippen LogP contribution in [0, 0.1) is 0 Å². The minimum Gasteiger partial charge on any atom is -0.545 e. The average Bonchev–Trinajstić information content (AvgIpc) is 3.57. The summed E-state index contributed by atoms with van der Waals surface area (Å²) < 4.78 is 22.9. The van der Waals surface area contributed by atoms with Gasteiger partial charge < -0.3 is 33.3 Å². The lowest BCUT2D eigenvalue weighted by molar-refractivity contribution is -0.870. The third-order valence-electron chi connectivity index (χ3n) is 18.4. The van der Waals surface area contributed by atoms with Crippen molar-refractivity contribution in [3.8, 4) is 0 Å². The van der Waals surface area contributed by atoms with E-state index < -0.39 is 24.3 Å². The molecule has 0 aliphatic heterocycles. The van der Waals surface area contributed by atoms with Crippen LogP contribution in [-0.4, -0.2) is 82.3 Å². The standard InChI is InChI=1S/C78H153NO8/c1-6-8-10-12-14-16-18-20-22-24-26-28-30-32-33-34-35-36-37-38-39-40-41-42-43-45-47-49-51-53-55-57-59-61-63-65-67-69-76(81)87-74(73-86-78(77(82)83)84-71-70-79(3,4)5)72-85-75(80)68-66-64-62-60-58-56-54-52-50-48-46-44-31-29-27-25-23-21-19-17-15-13-11-9-7-2/h74,78H,6-73H2,1-5H3. The first kappa shape index (κ1) is 85.3. The molecule has 0 radical (unpaired) electrons. The Morgan fingerprint density at radius 2 is 0.517 bits per heavy atom. The molecule has 0 aromatic carbocycles. The molecule has 9 heteroatoms. The predicted octanol–water partition coefficient (Wildman–Crippen LogP) is 23.3. The van der Waals surface area contributed by atoms with Gasteiger partial charge in [-0.2, -0.15) is 0 Å². The van der Waals surface area contributed by atoms with E-state index >= 15 is 0 Å². The summed E-state index contributed by atoms with van der Waals surface area (Å²) >= 11 is 0.